The zero-order valence-electron chi connectivity index (χ0n) is 11.3. The predicted molar refractivity (Wildman–Crippen MR) is 82.2 cm³/mol. The van der Waals surface area contributed by atoms with Gasteiger partial charge in [-0.15, -0.1) is 0 Å². The molecule has 0 aromatic heterocycles. The van der Waals surface area contributed by atoms with Crippen molar-refractivity contribution >= 4 is 17.3 Å². The summed E-state index contributed by atoms with van der Waals surface area (Å²) >= 11 is 6.24. The van der Waals surface area contributed by atoms with Gasteiger partial charge in [-0.3, -0.25) is 4.90 Å². The summed E-state index contributed by atoms with van der Waals surface area (Å²) in [5, 5.41) is 0.814. The standard InChI is InChI=1S/C16H19ClN2/c1-12(15-8-3-4-9-16(15)17)19(2)11-13-6-5-7-14(18)10-13/h3-10,12H,11,18H2,1-2H3. The van der Waals surface area contributed by atoms with Crippen molar-refractivity contribution < 1.29 is 0 Å². The fourth-order valence-electron chi connectivity index (χ4n) is 2.17. The van der Waals surface area contributed by atoms with Crippen LogP contribution in [-0.2, 0) is 6.54 Å². The molecule has 0 fully saturated rings. The van der Waals surface area contributed by atoms with E-state index in [0.717, 1.165) is 22.8 Å². The fourth-order valence-corrected chi connectivity index (χ4v) is 2.46. The molecule has 2 nitrogen and oxygen atoms in total. The molecule has 19 heavy (non-hydrogen) atoms. The quantitative estimate of drug-likeness (QED) is 0.850. The summed E-state index contributed by atoms with van der Waals surface area (Å²) in [6.07, 6.45) is 0. The Hall–Kier alpha value is -1.51. The normalized spacial score (nSPS) is 12.6. The number of anilines is 1. The maximum absolute atomic E-state index is 6.24. The summed E-state index contributed by atoms with van der Waals surface area (Å²) in [6.45, 7) is 3.00. The van der Waals surface area contributed by atoms with E-state index in [0.29, 0.717) is 0 Å². The molecule has 0 saturated heterocycles. The van der Waals surface area contributed by atoms with E-state index in [2.05, 4.69) is 31.0 Å². The topological polar surface area (TPSA) is 29.3 Å². The second-order valence-electron chi connectivity index (χ2n) is 4.86. The summed E-state index contributed by atoms with van der Waals surface area (Å²) in [5.41, 5.74) is 8.97. The van der Waals surface area contributed by atoms with E-state index in [9.17, 15) is 0 Å². The monoisotopic (exact) mass is 274 g/mol. The zero-order valence-corrected chi connectivity index (χ0v) is 12.1. The second kappa shape index (κ2) is 6.09. The predicted octanol–water partition coefficient (Wildman–Crippen LogP) is 4.12. The lowest BCUT2D eigenvalue weighted by Gasteiger charge is -2.26. The van der Waals surface area contributed by atoms with Crippen LogP contribution in [0.5, 0.6) is 0 Å². The SMILES string of the molecule is CC(c1ccccc1Cl)N(C)Cc1cccc(N)c1. The molecule has 0 aliphatic rings. The first kappa shape index (κ1) is 13.9. The largest absolute Gasteiger partial charge is 0.399 e. The van der Waals surface area contributed by atoms with Crippen molar-refractivity contribution in [1.29, 1.82) is 0 Å². The first-order valence-electron chi connectivity index (χ1n) is 6.37. The number of nitrogens with two attached hydrogens (primary N) is 1. The molecule has 0 heterocycles. The molecule has 0 amide bonds. The fraction of sp³-hybridized carbons (Fsp3) is 0.250. The van der Waals surface area contributed by atoms with E-state index in [1.165, 1.54) is 5.56 Å². The van der Waals surface area contributed by atoms with Crippen LogP contribution in [0.25, 0.3) is 0 Å². The van der Waals surface area contributed by atoms with Gasteiger partial charge in [0.15, 0.2) is 0 Å². The minimum Gasteiger partial charge on any atom is -0.399 e. The molecule has 3 heteroatoms. The molecule has 2 rings (SSSR count). The van der Waals surface area contributed by atoms with E-state index in [-0.39, 0.29) is 6.04 Å². The highest BCUT2D eigenvalue weighted by Crippen LogP contribution is 2.27. The van der Waals surface area contributed by atoms with Crippen molar-refractivity contribution in [2.45, 2.75) is 19.5 Å². The summed E-state index contributed by atoms with van der Waals surface area (Å²) in [4.78, 5) is 2.26. The van der Waals surface area contributed by atoms with E-state index in [4.69, 9.17) is 17.3 Å². The van der Waals surface area contributed by atoms with Crippen molar-refractivity contribution in [3.8, 4) is 0 Å². The van der Waals surface area contributed by atoms with Gasteiger partial charge >= 0.3 is 0 Å². The van der Waals surface area contributed by atoms with Gasteiger partial charge in [0.25, 0.3) is 0 Å². The Balaban J connectivity index is 2.12. The van der Waals surface area contributed by atoms with Gasteiger partial charge in [0.2, 0.25) is 0 Å². The molecule has 1 unspecified atom stereocenters. The lowest BCUT2D eigenvalue weighted by Crippen LogP contribution is -2.22. The highest BCUT2D eigenvalue weighted by Gasteiger charge is 2.14. The Kier molecular flexibility index (Phi) is 4.46. The van der Waals surface area contributed by atoms with Crippen LogP contribution in [0.1, 0.15) is 24.1 Å². The number of nitrogen functional groups attached to an aromatic ring is 1. The zero-order chi connectivity index (χ0) is 13.8. The second-order valence-corrected chi connectivity index (χ2v) is 5.26. The van der Waals surface area contributed by atoms with Crippen molar-refractivity contribution in [1.82, 2.24) is 4.90 Å². The molecule has 0 aliphatic heterocycles. The van der Waals surface area contributed by atoms with Crippen LogP contribution in [0, 0.1) is 0 Å². The first-order chi connectivity index (χ1) is 9.08. The van der Waals surface area contributed by atoms with E-state index < -0.39 is 0 Å². The molecule has 2 aromatic rings. The van der Waals surface area contributed by atoms with Gasteiger partial charge in [-0.25, -0.2) is 0 Å². The average molecular weight is 275 g/mol. The Morgan fingerprint density at radius 2 is 1.89 bits per heavy atom. The molecule has 0 bridgehead atoms. The maximum atomic E-state index is 6.24. The molecule has 0 aliphatic carbocycles. The lowest BCUT2D eigenvalue weighted by atomic mass is 10.1. The van der Waals surface area contributed by atoms with Crippen molar-refractivity contribution in [2.75, 3.05) is 12.8 Å². The third-order valence-electron chi connectivity index (χ3n) is 3.40. The highest BCUT2D eigenvalue weighted by molar-refractivity contribution is 6.31. The number of rotatable bonds is 4. The number of halogens is 1. The highest BCUT2D eigenvalue weighted by atomic mass is 35.5. The minimum absolute atomic E-state index is 0.259. The van der Waals surface area contributed by atoms with Crippen LogP contribution in [-0.4, -0.2) is 11.9 Å². The summed E-state index contributed by atoms with van der Waals surface area (Å²) in [5.74, 6) is 0. The Morgan fingerprint density at radius 3 is 2.58 bits per heavy atom. The molecular weight excluding hydrogens is 256 g/mol. The van der Waals surface area contributed by atoms with Gasteiger partial charge in [0.1, 0.15) is 0 Å². The van der Waals surface area contributed by atoms with Crippen LogP contribution < -0.4 is 5.73 Å². The summed E-state index contributed by atoms with van der Waals surface area (Å²) in [7, 11) is 2.09. The smallest absolute Gasteiger partial charge is 0.0453 e. The van der Waals surface area contributed by atoms with Gasteiger partial charge in [-0.05, 0) is 43.3 Å². The van der Waals surface area contributed by atoms with Crippen LogP contribution in [0.4, 0.5) is 5.69 Å². The van der Waals surface area contributed by atoms with Crippen LogP contribution in [0.2, 0.25) is 5.02 Å². The van der Waals surface area contributed by atoms with Gasteiger partial charge in [-0.1, -0.05) is 41.9 Å². The van der Waals surface area contributed by atoms with E-state index >= 15 is 0 Å². The van der Waals surface area contributed by atoms with Crippen LogP contribution in [0.3, 0.4) is 0 Å². The molecule has 2 N–H and O–H groups in total. The number of hydrogen-bond acceptors (Lipinski definition) is 2. The Morgan fingerprint density at radius 1 is 1.16 bits per heavy atom. The molecule has 0 radical (unpaired) electrons. The number of hydrogen-bond donors (Lipinski definition) is 1. The van der Waals surface area contributed by atoms with Crippen LogP contribution >= 0.6 is 11.6 Å². The lowest BCUT2D eigenvalue weighted by molar-refractivity contribution is 0.253. The van der Waals surface area contributed by atoms with E-state index in [1.54, 1.807) is 0 Å². The molecule has 1 atom stereocenters. The van der Waals surface area contributed by atoms with E-state index in [1.807, 2.05) is 36.4 Å². The van der Waals surface area contributed by atoms with Crippen molar-refractivity contribution in [3.05, 3.63) is 64.7 Å². The Bertz CT molecular complexity index is 554. The molecule has 0 saturated carbocycles. The third kappa shape index (κ3) is 3.49. The number of benzene rings is 2. The molecule has 2 aromatic carbocycles. The third-order valence-corrected chi connectivity index (χ3v) is 3.74. The van der Waals surface area contributed by atoms with Gasteiger partial charge in [0, 0.05) is 23.3 Å². The maximum Gasteiger partial charge on any atom is 0.0453 e. The minimum atomic E-state index is 0.259. The van der Waals surface area contributed by atoms with Gasteiger partial charge < -0.3 is 5.73 Å². The van der Waals surface area contributed by atoms with Gasteiger partial charge in [0.05, 0.1) is 0 Å². The average Bonchev–Trinajstić information content (AvgIpc) is 2.38. The first-order valence-corrected chi connectivity index (χ1v) is 6.75. The molecule has 0 spiro atoms. The van der Waals surface area contributed by atoms with Crippen LogP contribution in [0.15, 0.2) is 48.5 Å². The summed E-state index contributed by atoms with van der Waals surface area (Å²) in [6, 6.07) is 16.2. The Labute approximate surface area is 119 Å². The molecular formula is C16H19ClN2. The summed E-state index contributed by atoms with van der Waals surface area (Å²) < 4.78 is 0. The van der Waals surface area contributed by atoms with Crippen molar-refractivity contribution in [2.24, 2.45) is 0 Å². The van der Waals surface area contributed by atoms with Gasteiger partial charge in [-0.2, -0.15) is 0 Å². The molecule has 100 valence electrons. The van der Waals surface area contributed by atoms with Crippen molar-refractivity contribution in [3.63, 3.8) is 0 Å². The number of nitrogens with zero attached hydrogens (tertiary/aromatic N) is 1.